The number of piperazine rings is 1. The highest BCUT2D eigenvalue weighted by atomic mass is 16.5. The molecule has 0 aromatic heterocycles. The van der Waals surface area contributed by atoms with Crippen molar-refractivity contribution in [3.63, 3.8) is 0 Å². The highest BCUT2D eigenvalue weighted by Crippen LogP contribution is 2.29. The zero-order chi connectivity index (χ0) is 24.1. The van der Waals surface area contributed by atoms with Gasteiger partial charge in [0.15, 0.2) is 0 Å². The molecule has 0 spiro atoms. The summed E-state index contributed by atoms with van der Waals surface area (Å²) in [6, 6.07) is 14.3. The molecule has 9 nitrogen and oxygen atoms in total. The smallest absolute Gasteiger partial charge is 0.338 e. The average molecular weight is 467 g/mol. The minimum Gasteiger partial charge on any atom is -0.497 e. The van der Waals surface area contributed by atoms with Crippen LogP contribution in [0.5, 0.6) is 11.5 Å². The first kappa shape index (κ1) is 23.4. The van der Waals surface area contributed by atoms with E-state index in [1.165, 1.54) is 7.11 Å². The van der Waals surface area contributed by atoms with Crippen molar-refractivity contribution < 1.29 is 23.8 Å². The Morgan fingerprint density at radius 3 is 2.06 bits per heavy atom. The Balaban J connectivity index is 1.51. The summed E-state index contributed by atoms with van der Waals surface area (Å²) in [5.41, 5.74) is 2.89. The van der Waals surface area contributed by atoms with Crippen molar-refractivity contribution in [3.8, 4) is 11.5 Å². The third-order valence-electron chi connectivity index (χ3n) is 6.20. The van der Waals surface area contributed by atoms with E-state index in [4.69, 9.17) is 14.2 Å². The zero-order valence-electron chi connectivity index (χ0n) is 19.7. The van der Waals surface area contributed by atoms with Crippen molar-refractivity contribution in [2.45, 2.75) is 6.04 Å². The first-order valence-corrected chi connectivity index (χ1v) is 11.2. The Bertz CT molecular complexity index is 1040. The summed E-state index contributed by atoms with van der Waals surface area (Å²) in [5.74, 6) is 1.06. The number of hydrogen-bond acceptors (Lipinski definition) is 7. The van der Waals surface area contributed by atoms with Crippen LogP contribution >= 0.6 is 0 Å². The summed E-state index contributed by atoms with van der Waals surface area (Å²) in [5, 5.41) is 5.70. The number of ether oxygens (including phenoxy) is 3. The summed E-state index contributed by atoms with van der Waals surface area (Å²) in [7, 11) is 4.60. The number of rotatable bonds is 7. The lowest BCUT2D eigenvalue weighted by Crippen LogP contribution is -2.51. The number of carbonyl (C=O) groups excluding carboxylic acids is 2. The van der Waals surface area contributed by atoms with Gasteiger partial charge in [-0.3, -0.25) is 4.90 Å². The Hall–Kier alpha value is -3.72. The van der Waals surface area contributed by atoms with Crippen LogP contribution in [0.15, 0.2) is 59.8 Å². The first-order valence-electron chi connectivity index (χ1n) is 11.2. The number of benzene rings is 2. The van der Waals surface area contributed by atoms with Crippen LogP contribution in [0.1, 0.15) is 11.6 Å². The van der Waals surface area contributed by atoms with E-state index in [0.29, 0.717) is 23.6 Å². The molecule has 0 radical (unpaired) electrons. The van der Waals surface area contributed by atoms with Gasteiger partial charge in [0.1, 0.15) is 11.5 Å². The van der Waals surface area contributed by atoms with E-state index in [0.717, 1.165) is 43.2 Å². The van der Waals surface area contributed by atoms with E-state index >= 15 is 0 Å². The maximum Gasteiger partial charge on any atom is 0.338 e. The number of urea groups is 1. The maximum absolute atomic E-state index is 12.8. The Labute approximate surface area is 199 Å². The Morgan fingerprint density at radius 2 is 1.50 bits per heavy atom. The molecule has 2 heterocycles. The quantitative estimate of drug-likeness (QED) is 0.605. The predicted octanol–water partition coefficient (Wildman–Crippen LogP) is 2.31. The van der Waals surface area contributed by atoms with Gasteiger partial charge >= 0.3 is 12.0 Å². The fraction of sp³-hybridized carbons (Fsp3) is 0.360. The number of nitrogens with zero attached hydrogens (tertiary/aromatic N) is 2. The number of amides is 2. The summed E-state index contributed by atoms with van der Waals surface area (Å²) < 4.78 is 15.6. The molecule has 0 bridgehead atoms. The number of carbonyl (C=O) groups is 2. The summed E-state index contributed by atoms with van der Waals surface area (Å²) >= 11 is 0. The summed E-state index contributed by atoms with van der Waals surface area (Å²) in [6.07, 6.45) is 0. The molecule has 1 fully saturated rings. The van der Waals surface area contributed by atoms with Gasteiger partial charge in [-0.05, 0) is 42.0 Å². The molecule has 2 amide bonds. The van der Waals surface area contributed by atoms with Gasteiger partial charge in [0.2, 0.25) is 0 Å². The minimum absolute atomic E-state index is 0.347. The lowest BCUT2D eigenvalue weighted by Gasteiger charge is -2.38. The third-order valence-corrected chi connectivity index (χ3v) is 6.20. The van der Waals surface area contributed by atoms with Gasteiger partial charge in [-0.25, -0.2) is 9.59 Å². The number of nitrogens with one attached hydrogen (secondary N) is 2. The number of anilines is 1. The second-order valence-corrected chi connectivity index (χ2v) is 8.15. The van der Waals surface area contributed by atoms with Crippen LogP contribution in [0.25, 0.3) is 0 Å². The highest BCUT2D eigenvalue weighted by Gasteiger charge is 2.34. The van der Waals surface area contributed by atoms with E-state index in [-0.39, 0.29) is 6.03 Å². The van der Waals surface area contributed by atoms with Gasteiger partial charge < -0.3 is 29.7 Å². The SMILES string of the molecule is COC(=O)C1=C(CN2CCN(c3ccc(OC)cc3)CC2)NC(=O)N[C@@H]1c1ccc(OC)cc1. The van der Waals surface area contributed by atoms with Crippen LogP contribution < -0.4 is 25.0 Å². The van der Waals surface area contributed by atoms with Gasteiger partial charge in [-0.2, -0.15) is 0 Å². The molecule has 0 aliphatic carbocycles. The van der Waals surface area contributed by atoms with Crippen LogP contribution in [0.2, 0.25) is 0 Å². The second kappa shape index (κ2) is 10.5. The molecule has 2 aliphatic rings. The molecule has 2 N–H and O–H groups in total. The van der Waals surface area contributed by atoms with E-state index in [1.807, 2.05) is 24.3 Å². The standard InChI is InChI=1S/C25H30N4O5/c1-32-19-8-4-17(5-9-19)23-22(24(30)34-3)21(26-25(31)27-23)16-28-12-14-29(15-13-28)18-6-10-20(33-2)11-7-18/h4-11,23H,12-16H2,1-3H3,(H2,26,27,31)/t23-/m1/s1. The molecule has 2 aromatic carbocycles. The van der Waals surface area contributed by atoms with E-state index in [9.17, 15) is 9.59 Å². The number of hydrogen-bond donors (Lipinski definition) is 2. The monoisotopic (exact) mass is 466 g/mol. The van der Waals surface area contributed by atoms with Crippen molar-refractivity contribution in [1.29, 1.82) is 0 Å². The summed E-state index contributed by atoms with van der Waals surface area (Å²) in [6.45, 7) is 3.70. The van der Waals surface area contributed by atoms with Crippen LogP contribution in [-0.2, 0) is 9.53 Å². The lowest BCUT2D eigenvalue weighted by atomic mass is 9.95. The van der Waals surface area contributed by atoms with Gasteiger partial charge in [-0.1, -0.05) is 12.1 Å². The topological polar surface area (TPSA) is 92.4 Å². The van der Waals surface area contributed by atoms with Gasteiger partial charge in [0, 0.05) is 44.1 Å². The van der Waals surface area contributed by atoms with E-state index in [1.54, 1.807) is 26.4 Å². The fourth-order valence-corrected chi connectivity index (χ4v) is 4.32. The molecular formula is C25H30N4O5. The van der Waals surface area contributed by atoms with Gasteiger partial charge in [-0.15, -0.1) is 0 Å². The zero-order valence-corrected chi connectivity index (χ0v) is 19.7. The van der Waals surface area contributed by atoms with Crippen molar-refractivity contribution in [2.24, 2.45) is 0 Å². The Kier molecular flexibility index (Phi) is 7.22. The number of methoxy groups -OCH3 is 3. The molecule has 0 saturated carbocycles. The highest BCUT2D eigenvalue weighted by molar-refractivity contribution is 5.95. The van der Waals surface area contributed by atoms with Crippen LogP contribution in [0.4, 0.5) is 10.5 Å². The molecule has 4 rings (SSSR count). The van der Waals surface area contributed by atoms with Gasteiger partial charge in [0.25, 0.3) is 0 Å². The largest absolute Gasteiger partial charge is 0.497 e. The normalized spacial score (nSPS) is 18.7. The van der Waals surface area contributed by atoms with Crippen LogP contribution in [-0.4, -0.2) is 71.0 Å². The molecule has 9 heteroatoms. The third kappa shape index (κ3) is 5.09. The lowest BCUT2D eigenvalue weighted by molar-refractivity contribution is -0.136. The summed E-state index contributed by atoms with van der Waals surface area (Å²) in [4.78, 5) is 29.8. The molecule has 0 unspecified atom stereocenters. The second-order valence-electron chi connectivity index (χ2n) is 8.15. The van der Waals surface area contributed by atoms with Gasteiger partial charge in [0.05, 0.1) is 32.9 Å². The van der Waals surface area contributed by atoms with Crippen molar-refractivity contribution in [1.82, 2.24) is 15.5 Å². The number of esters is 1. The molecule has 1 atom stereocenters. The molecular weight excluding hydrogens is 436 g/mol. The van der Waals surface area contributed by atoms with Crippen molar-refractivity contribution in [3.05, 3.63) is 65.4 Å². The Morgan fingerprint density at radius 1 is 0.912 bits per heavy atom. The van der Waals surface area contributed by atoms with E-state index < -0.39 is 12.0 Å². The van der Waals surface area contributed by atoms with Crippen LogP contribution in [0, 0.1) is 0 Å². The average Bonchev–Trinajstić information content (AvgIpc) is 2.88. The predicted molar refractivity (Wildman–Crippen MR) is 128 cm³/mol. The molecule has 1 saturated heterocycles. The maximum atomic E-state index is 12.8. The molecule has 34 heavy (non-hydrogen) atoms. The fourth-order valence-electron chi connectivity index (χ4n) is 4.32. The minimum atomic E-state index is -0.609. The first-order chi connectivity index (χ1) is 16.5. The van der Waals surface area contributed by atoms with Crippen LogP contribution in [0.3, 0.4) is 0 Å². The molecule has 180 valence electrons. The van der Waals surface area contributed by atoms with Crippen molar-refractivity contribution >= 4 is 17.7 Å². The van der Waals surface area contributed by atoms with Crippen molar-refractivity contribution in [2.75, 3.05) is 59.0 Å². The molecule has 2 aromatic rings. The van der Waals surface area contributed by atoms with E-state index in [2.05, 4.69) is 32.6 Å². The molecule has 2 aliphatic heterocycles.